The topological polar surface area (TPSA) is 85.5 Å². The van der Waals surface area contributed by atoms with Gasteiger partial charge in [-0.25, -0.2) is 4.79 Å². The molecule has 1 fully saturated rings. The predicted octanol–water partition coefficient (Wildman–Crippen LogP) is 2.12. The first-order chi connectivity index (χ1) is 11.6. The second-order valence-corrected chi connectivity index (χ2v) is 5.79. The summed E-state index contributed by atoms with van der Waals surface area (Å²) in [7, 11) is 0. The van der Waals surface area contributed by atoms with Gasteiger partial charge in [-0.15, -0.1) is 0 Å². The monoisotopic (exact) mass is 329 g/mol. The van der Waals surface area contributed by atoms with E-state index < -0.39 is 12.0 Å². The summed E-state index contributed by atoms with van der Waals surface area (Å²) < 4.78 is 10.3. The molecule has 7 heteroatoms. The molecule has 1 amide bonds. The van der Waals surface area contributed by atoms with Gasteiger partial charge in [0.05, 0.1) is 11.3 Å². The zero-order valence-corrected chi connectivity index (χ0v) is 13.5. The highest BCUT2D eigenvalue weighted by atomic mass is 16.6. The number of nitrogens with zero attached hydrogens (tertiary/aromatic N) is 3. The number of hydrogen-bond donors (Lipinski definition) is 0. The number of likely N-dealkylation sites (tertiary alicyclic amines) is 1. The molecule has 0 saturated carbocycles. The number of esters is 1. The van der Waals surface area contributed by atoms with E-state index in [4.69, 9.17) is 9.26 Å². The Kier molecular flexibility index (Phi) is 4.88. The molecule has 1 saturated heterocycles. The molecule has 1 aliphatic rings. The number of piperidine rings is 1. The van der Waals surface area contributed by atoms with Gasteiger partial charge in [0.2, 0.25) is 0 Å². The van der Waals surface area contributed by atoms with E-state index in [1.54, 1.807) is 36.2 Å². The molecule has 3 heterocycles. The number of hydrogen-bond acceptors (Lipinski definition) is 6. The molecule has 24 heavy (non-hydrogen) atoms. The van der Waals surface area contributed by atoms with Crippen molar-refractivity contribution >= 4 is 11.9 Å². The Balaban J connectivity index is 1.67. The van der Waals surface area contributed by atoms with Gasteiger partial charge >= 0.3 is 5.97 Å². The van der Waals surface area contributed by atoms with Crippen LogP contribution >= 0.6 is 0 Å². The van der Waals surface area contributed by atoms with Gasteiger partial charge in [-0.05, 0) is 38.3 Å². The number of amides is 1. The summed E-state index contributed by atoms with van der Waals surface area (Å²) in [6.45, 7) is 2.35. The molecule has 126 valence electrons. The minimum atomic E-state index is -0.574. The summed E-state index contributed by atoms with van der Waals surface area (Å²) in [5.74, 6) is -0.122. The van der Waals surface area contributed by atoms with Crippen LogP contribution in [-0.2, 0) is 16.1 Å². The Bertz CT molecular complexity index is 714. The predicted molar refractivity (Wildman–Crippen MR) is 83.9 cm³/mol. The van der Waals surface area contributed by atoms with Crippen molar-refractivity contribution in [3.8, 4) is 0 Å². The minimum absolute atomic E-state index is 0.0189. The average molecular weight is 329 g/mol. The number of carbonyl (C=O) groups is 2. The molecule has 1 aliphatic heterocycles. The fourth-order valence-electron chi connectivity index (χ4n) is 2.80. The number of ether oxygens (including phenoxy) is 1. The fourth-order valence-corrected chi connectivity index (χ4v) is 2.80. The van der Waals surface area contributed by atoms with E-state index in [0.717, 1.165) is 18.5 Å². The van der Waals surface area contributed by atoms with Crippen molar-refractivity contribution in [2.75, 3.05) is 6.54 Å². The number of rotatable bonds is 4. The molecule has 0 N–H and O–H groups in total. The first-order valence-corrected chi connectivity index (χ1v) is 7.95. The lowest BCUT2D eigenvalue weighted by Gasteiger charge is -2.34. The van der Waals surface area contributed by atoms with Crippen LogP contribution in [0.4, 0.5) is 0 Å². The lowest BCUT2D eigenvalue weighted by molar-refractivity contribution is -0.152. The highest BCUT2D eigenvalue weighted by Gasteiger charge is 2.34. The van der Waals surface area contributed by atoms with Crippen LogP contribution in [0.3, 0.4) is 0 Å². The SMILES string of the molecule is Cc1cc(COC(=O)C2CCCCN2C(=O)c2cccnc2)on1. The third-order valence-corrected chi connectivity index (χ3v) is 3.98. The molecular formula is C17H19N3O4. The van der Waals surface area contributed by atoms with E-state index in [2.05, 4.69) is 10.1 Å². The summed E-state index contributed by atoms with van der Waals surface area (Å²) in [6.07, 6.45) is 5.48. The molecule has 7 nitrogen and oxygen atoms in total. The standard InChI is InChI=1S/C17H19N3O4/c1-12-9-14(24-19-12)11-23-17(22)15-6-2-3-8-20(15)16(21)13-5-4-7-18-10-13/h4-5,7,9-10,15H,2-3,6,8,11H2,1H3. The van der Waals surface area contributed by atoms with Gasteiger partial charge in [0, 0.05) is 25.0 Å². The molecule has 0 spiro atoms. The fraction of sp³-hybridized carbons (Fsp3) is 0.412. The quantitative estimate of drug-likeness (QED) is 0.799. The second-order valence-electron chi connectivity index (χ2n) is 5.79. The smallest absolute Gasteiger partial charge is 0.329 e. The van der Waals surface area contributed by atoms with Gasteiger partial charge in [0.25, 0.3) is 5.91 Å². The van der Waals surface area contributed by atoms with Gasteiger partial charge in [-0.1, -0.05) is 5.16 Å². The summed E-state index contributed by atoms with van der Waals surface area (Å²) in [6, 6.07) is 4.54. The van der Waals surface area contributed by atoms with Gasteiger partial charge in [0.15, 0.2) is 12.4 Å². The maximum Gasteiger partial charge on any atom is 0.329 e. The average Bonchev–Trinajstić information content (AvgIpc) is 3.05. The Morgan fingerprint density at radius 3 is 3.00 bits per heavy atom. The Hall–Kier alpha value is -2.70. The molecule has 0 aliphatic carbocycles. The first-order valence-electron chi connectivity index (χ1n) is 7.95. The van der Waals surface area contributed by atoms with E-state index in [9.17, 15) is 9.59 Å². The molecule has 3 rings (SSSR count). The molecular weight excluding hydrogens is 310 g/mol. The van der Waals surface area contributed by atoms with Crippen molar-refractivity contribution in [3.63, 3.8) is 0 Å². The van der Waals surface area contributed by atoms with E-state index in [1.165, 1.54) is 6.20 Å². The normalized spacial score (nSPS) is 17.5. The zero-order valence-electron chi connectivity index (χ0n) is 13.5. The van der Waals surface area contributed by atoms with Gasteiger partial charge in [0.1, 0.15) is 6.04 Å². The van der Waals surface area contributed by atoms with Crippen molar-refractivity contribution in [2.24, 2.45) is 0 Å². The first kappa shape index (κ1) is 16.2. The van der Waals surface area contributed by atoms with Crippen LogP contribution in [-0.4, -0.2) is 39.5 Å². The lowest BCUT2D eigenvalue weighted by atomic mass is 10.0. The van der Waals surface area contributed by atoms with Crippen LogP contribution < -0.4 is 0 Å². The van der Waals surface area contributed by atoms with Crippen molar-refractivity contribution in [2.45, 2.75) is 38.8 Å². The summed E-state index contributed by atoms with van der Waals surface area (Å²) in [4.78, 5) is 30.6. The summed E-state index contributed by atoms with van der Waals surface area (Å²) in [5.41, 5.74) is 1.20. The van der Waals surface area contributed by atoms with Crippen molar-refractivity contribution < 1.29 is 18.8 Å². The van der Waals surface area contributed by atoms with Gasteiger partial charge in [-0.2, -0.15) is 0 Å². The largest absolute Gasteiger partial charge is 0.456 e. The van der Waals surface area contributed by atoms with Crippen LogP contribution in [0.5, 0.6) is 0 Å². The highest BCUT2D eigenvalue weighted by Crippen LogP contribution is 2.21. The zero-order chi connectivity index (χ0) is 16.9. The maximum atomic E-state index is 12.6. The maximum absolute atomic E-state index is 12.6. The van der Waals surface area contributed by atoms with E-state index >= 15 is 0 Å². The minimum Gasteiger partial charge on any atom is -0.456 e. The third-order valence-electron chi connectivity index (χ3n) is 3.98. The second kappa shape index (κ2) is 7.25. The highest BCUT2D eigenvalue weighted by molar-refractivity contribution is 5.96. The molecule has 1 atom stereocenters. The van der Waals surface area contributed by atoms with E-state index in [0.29, 0.717) is 24.3 Å². The Morgan fingerprint density at radius 1 is 1.42 bits per heavy atom. The summed E-state index contributed by atoms with van der Waals surface area (Å²) >= 11 is 0. The van der Waals surface area contributed by atoms with Crippen LogP contribution in [0.1, 0.15) is 41.1 Å². The molecule has 0 aromatic carbocycles. The lowest BCUT2D eigenvalue weighted by Crippen LogP contribution is -2.48. The number of pyridine rings is 1. The van der Waals surface area contributed by atoms with Crippen LogP contribution in [0.15, 0.2) is 35.1 Å². The molecule has 1 unspecified atom stereocenters. The van der Waals surface area contributed by atoms with Crippen molar-refractivity contribution in [1.82, 2.24) is 15.0 Å². The van der Waals surface area contributed by atoms with Crippen molar-refractivity contribution in [1.29, 1.82) is 0 Å². The van der Waals surface area contributed by atoms with E-state index in [1.807, 2.05) is 0 Å². The molecule has 2 aromatic rings. The Morgan fingerprint density at radius 2 is 2.29 bits per heavy atom. The van der Waals surface area contributed by atoms with Crippen LogP contribution in [0.2, 0.25) is 0 Å². The molecule has 0 bridgehead atoms. The van der Waals surface area contributed by atoms with Crippen LogP contribution in [0.25, 0.3) is 0 Å². The van der Waals surface area contributed by atoms with E-state index in [-0.39, 0.29) is 12.5 Å². The van der Waals surface area contributed by atoms with Crippen LogP contribution in [0, 0.1) is 6.92 Å². The Labute approximate surface area is 139 Å². The van der Waals surface area contributed by atoms with Gasteiger partial charge in [-0.3, -0.25) is 9.78 Å². The summed E-state index contributed by atoms with van der Waals surface area (Å²) in [5, 5.41) is 3.75. The van der Waals surface area contributed by atoms with Gasteiger partial charge < -0.3 is 14.2 Å². The third kappa shape index (κ3) is 3.61. The molecule has 0 radical (unpaired) electrons. The van der Waals surface area contributed by atoms with Crippen molar-refractivity contribution in [3.05, 3.63) is 47.6 Å². The number of aryl methyl sites for hydroxylation is 1. The number of aromatic nitrogens is 2. The number of carbonyl (C=O) groups excluding carboxylic acids is 2. The molecule has 2 aromatic heterocycles.